The standard InChI is InChI=1S/C25H25ClN4O2/c26-21-7-4-8-23(17-21)29-13-15-30(16-14-29)25(27-18-19-5-2-1-3-6-19)28-22-11-9-20(10-12-22)24(31)32/h1-12,17H,13-16,18H2,(H,27,28)(H,31,32). The Morgan fingerprint density at radius 2 is 1.66 bits per heavy atom. The summed E-state index contributed by atoms with van der Waals surface area (Å²) in [5.74, 6) is -0.158. The Labute approximate surface area is 192 Å². The number of nitrogens with one attached hydrogen (secondary N) is 1. The number of halogens is 1. The highest BCUT2D eigenvalue weighted by atomic mass is 35.5. The van der Waals surface area contributed by atoms with Gasteiger partial charge in [0.05, 0.1) is 12.1 Å². The van der Waals surface area contributed by atoms with Crippen LogP contribution in [0.3, 0.4) is 0 Å². The molecule has 6 nitrogen and oxygen atoms in total. The van der Waals surface area contributed by atoms with Crippen LogP contribution in [0.5, 0.6) is 0 Å². The van der Waals surface area contributed by atoms with Crippen LogP contribution in [0.1, 0.15) is 15.9 Å². The van der Waals surface area contributed by atoms with Crippen molar-refractivity contribution in [3.8, 4) is 0 Å². The molecule has 3 aromatic rings. The zero-order valence-electron chi connectivity index (χ0n) is 17.6. The van der Waals surface area contributed by atoms with Crippen LogP contribution in [0.2, 0.25) is 5.02 Å². The van der Waals surface area contributed by atoms with E-state index < -0.39 is 5.97 Å². The number of nitrogens with zero attached hydrogens (tertiary/aromatic N) is 3. The molecule has 0 saturated carbocycles. The van der Waals surface area contributed by atoms with Gasteiger partial charge in [0, 0.05) is 42.6 Å². The highest BCUT2D eigenvalue weighted by molar-refractivity contribution is 6.30. The zero-order chi connectivity index (χ0) is 22.3. The van der Waals surface area contributed by atoms with Crippen molar-refractivity contribution >= 4 is 34.9 Å². The van der Waals surface area contributed by atoms with Crippen LogP contribution in [0.25, 0.3) is 0 Å². The lowest BCUT2D eigenvalue weighted by molar-refractivity contribution is 0.0697. The summed E-state index contributed by atoms with van der Waals surface area (Å²) in [5.41, 5.74) is 3.32. The first-order valence-corrected chi connectivity index (χ1v) is 10.9. The lowest BCUT2D eigenvalue weighted by Gasteiger charge is -2.37. The minimum atomic E-state index is -0.938. The summed E-state index contributed by atoms with van der Waals surface area (Å²) in [6.45, 7) is 3.88. The Morgan fingerprint density at radius 1 is 0.938 bits per heavy atom. The van der Waals surface area contributed by atoms with Gasteiger partial charge in [-0.3, -0.25) is 0 Å². The van der Waals surface area contributed by atoms with Gasteiger partial charge in [-0.1, -0.05) is 48.0 Å². The quantitative estimate of drug-likeness (QED) is 0.432. The van der Waals surface area contributed by atoms with E-state index in [-0.39, 0.29) is 5.56 Å². The molecule has 1 fully saturated rings. The molecule has 0 unspecified atom stereocenters. The van der Waals surface area contributed by atoms with Gasteiger partial charge in [-0.25, -0.2) is 9.79 Å². The normalized spacial score (nSPS) is 14.3. The summed E-state index contributed by atoms with van der Waals surface area (Å²) in [5, 5.41) is 13.3. The molecule has 0 aromatic heterocycles. The van der Waals surface area contributed by atoms with E-state index in [1.165, 1.54) is 0 Å². The number of carboxylic acid groups (broad SMARTS) is 1. The molecule has 0 spiro atoms. The Kier molecular flexibility index (Phi) is 6.92. The first-order valence-electron chi connectivity index (χ1n) is 10.5. The number of anilines is 2. The number of carbonyl (C=O) groups is 1. The first-order chi connectivity index (χ1) is 15.6. The minimum Gasteiger partial charge on any atom is -0.478 e. The van der Waals surface area contributed by atoms with E-state index in [0.717, 1.165) is 54.1 Å². The van der Waals surface area contributed by atoms with Gasteiger partial charge in [0.15, 0.2) is 5.96 Å². The predicted molar refractivity (Wildman–Crippen MR) is 130 cm³/mol. The molecule has 0 atom stereocenters. The second-order valence-electron chi connectivity index (χ2n) is 7.59. The molecule has 0 radical (unpaired) electrons. The van der Waals surface area contributed by atoms with Crippen molar-refractivity contribution in [3.05, 3.63) is 95.0 Å². The maximum atomic E-state index is 11.1. The minimum absolute atomic E-state index is 0.258. The van der Waals surface area contributed by atoms with Gasteiger partial charge in [-0.05, 0) is 48.0 Å². The number of piperazine rings is 1. The number of rotatable bonds is 5. The van der Waals surface area contributed by atoms with Crippen LogP contribution in [0.15, 0.2) is 83.9 Å². The Morgan fingerprint density at radius 3 is 2.31 bits per heavy atom. The molecule has 0 bridgehead atoms. The molecule has 1 aliphatic rings. The van der Waals surface area contributed by atoms with Gasteiger partial charge < -0.3 is 20.2 Å². The van der Waals surface area contributed by atoms with Crippen molar-refractivity contribution in [3.63, 3.8) is 0 Å². The fourth-order valence-corrected chi connectivity index (χ4v) is 3.83. The predicted octanol–water partition coefficient (Wildman–Crippen LogP) is 4.83. The summed E-state index contributed by atoms with van der Waals surface area (Å²) < 4.78 is 0. The van der Waals surface area contributed by atoms with Crippen LogP contribution in [0, 0.1) is 0 Å². The summed E-state index contributed by atoms with van der Waals surface area (Å²) >= 11 is 6.16. The number of hydrogen-bond acceptors (Lipinski definition) is 3. The van der Waals surface area contributed by atoms with Gasteiger partial charge in [0.25, 0.3) is 0 Å². The average molecular weight is 449 g/mol. The van der Waals surface area contributed by atoms with Crippen LogP contribution in [-0.4, -0.2) is 48.1 Å². The summed E-state index contributed by atoms with van der Waals surface area (Å²) in [6.07, 6.45) is 0. The molecule has 1 heterocycles. The first kappa shape index (κ1) is 21.7. The fraction of sp³-hybridized carbons (Fsp3) is 0.200. The average Bonchev–Trinajstić information content (AvgIpc) is 2.83. The lowest BCUT2D eigenvalue weighted by Crippen LogP contribution is -2.50. The Hall–Kier alpha value is -3.51. The maximum Gasteiger partial charge on any atom is 0.335 e. The number of guanidine groups is 1. The van der Waals surface area contributed by atoms with Crippen molar-refractivity contribution in [1.82, 2.24) is 4.90 Å². The topological polar surface area (TPSA) is 68.2 Å². The fourth-order valence-electron chi connectivity index (χ4n) is 3.64. The summed E-state index contributed by atoms with van der Waals surface area (Å²) in [4.78, 5) is 20.6. The summed E-state index contributed by atoms with van der Waals surface area (Å²) in [6, 6.07) is 24.8. The number of benzene rings is 3. The van der Waals surface area contributed by atoms with E-state index in [1.807, 2.05) is 36.4 Å². The molecular weight excluding hydrogens is 424 g/mol. The number of aromatic carboxylic acids is 1. The van der Waals surface area contributed by atoms with Gasteiger partial charge >= 0.3 is 5.97 Å². The lowest BCUT2D eigenvalue weighted by atomic mass is 10.2. The van der Waals surface area contributed by atoms with Crippen molar-refractivity contribution in [1.29, 1.82) is 0 Å². The maximum absolute atomic E-state index is 11.1. The molecule has 32 heavy (non-hydrogen) atoms. The molecule has 7 heteroatoms. The number of aliphatic imine (C=N–C) groups is 1. The van der Waals surface area contributed by atoms with E-state index >= 15 is 0 Å². The number of carboxylic acids is 1. The Balaban J connectivity index is 1.49. The van der Waals surface area contributed by atoms with Crippen LogP contribution in [-0.2, 0) is 6.54 Å². The third-order valence-corrected chi connectivity index (χ3v) is 5.63. The van der Waals surface area contributed by atoms with Crippen LogP contribution < -0.4 is 10.2 Å². The second kappa shape index (κ2) is 10.2. The third kappa shape index (κ3) is 5.59. The van der Waals surface area contributed by atoms with E-state index in [9.17, 15) is 4.79 Å². The van der Waals surface area contributed by atoms with E-state index in [4.69, 9.17) is 21.7 Å². The van der Waals surface area contributed by atoms with Crippen molar-refractivity contribution < 1.29 is 9.90 Å². The Bertz CT molecular complexity index is 1080. The van der Waals surface area contributed by atoms with Gasteiger partial charge in [-0.2, -0.15) is 0 Å². The number of hydrogen-bond donors (Lipinski definition) is 2. The molecule has 1 saturated heterocycles. The molecule has 164 valence electrons. The summed E-state index contributed by atoms with van der Waals surface area (Å²) in [7, 11) is 0. The highest BCUT2D eigenvalue weighted by Crippen LogP contribution is 2.21. The molecule has 0 aliphatic carbocycles. The third-order valence-electron chi connectivity index (χ3n) is 5.39. The van der Waals surface area contributed by atoms with E-state index in [2.05, 4.69) is 33.3 Å². The molecule has 3 aromatic carbocycles. The molecule has 4 rings (SSSR count). The zero-order valence-corrected chi connectivity index (χ0v) is 18.4. The highest BCUT2D eigenvalue weighted by Gasteiger charge is 2.20. The van der Waals surface area contributed by atoms with Gasteiger partial charge in [0.2, 0.25) is 0 Å². The van der Waals surface area contributed by atoms with E-state index in [1.54, 1.807) is 24.3 Å². The van der Waals surface area contributed by atoms with E-state index in [0.29, 0.717) is 6.54 Å². The van der Waals surface area contributed by atoms with Crippen LogP contribution >= 0.6 is 11.6 Å². The van der Waals surface area contributed by atoms with Crippen molar-refractivity contribution in [2.45, 2.75) is 6.54 Å². The van der Waals surface area contributed by atoms with Gasteiger partial charge in [-0.15, -0.1) is 0 Å². The SMILES string of the molecule is O=C(O)c1ccc(NC(=NCc2ccccc2)N2CCN(c3cccc(Cl)c3)CC2)cc1. The molecular formula is C25H25ClN4O2. The molecule has 0 amide bonds. The molecule has 1 aliphatic heterocycles. The smallest absolute Gasteiger partial charge is 0.335 e. The van der Waals surface area contributed by atoms with Crippen molar-refractivity contribution in [2.75, 3.05) is 36.4 Å². The van der Waals surface area contributed by atoms with Gasteiger partial charge in [0.1, 0.15) is 0 Å². The van der Waals surface area contributed by atoms with Crippen molar-refractivity contribution in [2.24, 2.45) is 4.99 Å². The largest absolute Gasteiger partial charge is 0.478 e. The molecule has 2 N–H and O–H groups in total. The second-order valence-corrected chi connectivity index (χ2v) is 8.02. The monoisotopic (exact) mass is 448 g/mol. The van der Waals surface area contributed by atoms with Crippen LogP contribution in [0.4, 0.5) is 11.4 Å².